The van der Waals surface area contributed by atoms with Crippen LogP contribution in [0.15, 0.2) is 72.8 Å². The number of ether oxygens (including phenoxy) is 1. The molecule has 4 aliphatic rings. The van der Waals surface area contributed by atoms with Crippen LogP contribution in [0.5, 0.6) is 0 Å². The van der Waals surface area contributed by atoms with Crippen molar-refractivity contribution in [2.45, 2.75) is 51.0 Å². The van der Waals surface area contributed by atoms with E-state index in [-0.39, 0.29) is 23.7 Å². The lowest BCUT2D eigenvalue weighted by Gasteiger charge is -2.45. The van der Waals surface area contributed by atoms with Crippen LogP contribution in [0, 0.1) is 18.8 Å². The van der Waals surface area contributed by atoms with Crippen molar-refractivity contribution < 1.29 is 23.9 Å². The van der Waals surface area contributed by atoms with E-state index in [9.17, 15) is 19.2 Å². The van der Waals surface area contributed by atoms with Gasteiger partial charge in [0.2, 0.25) is 11.8 Å². The largest absolute Gasteiger partial charge is 0.454 e. The number of amides is 3. The normalized spacial score (nSPS) is 22.8. The lowest BCUT2D eigenvalue weighted by atomic mass is 9.55. The van der Waals surface area contributed by atoms with E-state index in [4.69, 9.17) is 4.74 Å². The van der Waals surface area contributed by atoms with Crippen LogP contribution in [-0.4, -0.2) is 41.2 Å². The van der Waals surface area contributed by atoms with E-state index >= 15 is 0 Å². The van der Waals surface area contributed by atoms with Gasteiger partial charge in [-0.2, -0.15) is 0 Å². The molecule has 0 aromatic heterocycles. The number of rotatable bonds is 8. The molecule has 3 amide bonds. The first-order valence-electron chi connectivity index (χ1n) is 14.0. The van der Waals surface area contributed by atoms with E-state index in [0.717, 1.165) is 34.2 Å². The van der Waals surface area contributed by atoms with Crippen LogP contribution in [0.2, 0.25) is 0 Å². The van der Waals surface area contributed by atoms with Crippen LogP contribution >= 0.6 is 0 Å². The number of aryl methyl sites for hydroxylation is 1. The molecule has 0 unspecified atom stereocenters. The van der Waals surface area contributed by atoms with Crippen molar-refractivity contribution in [3.8, 4) is 0 Å². The van der Waals surface area contributed by atoms with Crippen LogP contribution < -0.4 is 5.32 Å². The second-order valence-corrected chi connectivity index (χ2v) is 11.0. The van der Waals surface area contributed by atoms with Crippen molar-refractivity contribution >= 4 is 29.4 Å². The van der Waals surface area contributed by atoms with Gasteiger partial charge in [0.1, 0.15) is 6.04 Å². The molecule has 1 N–H and O–H groups in total. The molecule has 40 heavy (non-hydrogen) atoms. The third-order valence-corrected chi connectivity index (χ3v) is 8.54. The van der Waals surface area contributed by atoms with Gasteiger partial charge in [-0.25, -0.2) is 4.79 Å². The number of nitrogens with zero attached hydrogens (tertiary/aromatic N) is 1. The molecule has 3 aromatic rings. The van der Waals surface area contributed by atoms with E-state index in [0.29, 0.717) is 18.5 Å². The third kappa shape index (κ3) is 4.21. The summed E-state index contributed by atoms with van der Waals surface area (Å²) in [5.41, 5.74) is 5.91. The van der Waals surface area contributed by atoms with E-state index in [1.165, 1.54) is 4.90 Å². The summed E-state index contributed by atoms with van der Waals surface area (Å²) in [5.74, 6) is -3.47. The molecule has 0 spiro atoms. The highest BCUT2D eigenvalue weighted by atomic mass is 16.5. The molecule has 1 heterocycles. The Morgan fingerprint density at radius 1 is 0.850 bits per heavy atom. The van der Waals surface area contributed by atoms with Crippen molar-refractivity contribution in [3.05, 3.63) is 101 Å². The fraction of sp³-hybridized carbons (Fsp3) is 0.333. The maximum absolute atomic E-state index is 14.1. The van der Waals surface area contributed by atoms with Gasteiger partial charge in [-0.15, -0.1) is 0 Å². The van der Waals surface area contributed by atoms with Crippen molar-refractivity contribution in [1.82, 2.24) is 4.90 Å². The zero-order valence-electron chi connectivity index (χ0n) is 22.6. The second kappa shape index (κ2) is 10.4. The lowest BCUT2D eigenvalue weighted by molar-refractivity contribution is -0.160. The SMILES string of the molecule is CCCC[C@H](C(=O)OCC(=O)Nc1cccc(C)c1)N1C(=O)[C@@H]2C3c4ccccc4C(c4ccccc43)[C@@H]2C1=O. The fourth-order valence-electron chi connectivity index (χ4n) is 6.91. The van der Waals surface area contributed by atoms with Crippen LogP contribution in [0.4, 0.5) is 5.69 Å². The van der Waals surface area contributed by atoms with Gasteiger partial charge >= 0.3 is 5.97 Å². The molecule has 7 heteroatoms. The number of hydrogen-bond acceptors (Lipinski definition) is 5. The maximum Gasteiger partial charge on any atom is 0.329 e. The highest BCUT2D eigenvalue weighted by Gasteiger charge is 2.63. The monoisotopic (exact) mass is 536 g/mol. The molecule has 3 atom stereocenters. The first kappa shape index (κ1) is 26.0. The molecule has 1 aliphatic heterocycles. The fourth-order valence-corrected chi connectivity index (χ4v) is 6.91. The van der Waals surface area contributed by atoms with Crippen molar-refractivity contribution in [1.29, 1.82) is 0 Å². The number of nitrogens with one attached hydrogen (secondary N) is 1. The van der Waals surface area contributed by atoms with E-state index < -0.39 is 36.4 Å². The van der Waals surface area contributed by atoms with Crippen molar-refractivity contribution in [2.24, 2.45) is 11.8 Å². The van der Waals surface area contributed by atoms with Crippen molar-refractivity contribution in [3.63, 3.8) is 0 Å². The van der Waals surface area contributed by atoms with Gasteiger partial charge in [0.15, 0.2) is 6.61 Å². The summed E-state index contributed by atoms with van der Waals surface area (Å²) in [6.07, 6.45) is 1.71. The summed E-state index contributed by atoms with van der Waals surface area (Å²) in [5, 5.41) is 2.72. The number of anilines is 1. The average molecular weight is 537 g/mol. The molecule has 204 valence electrons. The van der Waals surface area contributed by atoms with Crippen LogP contribution in [0.1, 0.15) is 65.8 Å². The smallest absolute Gasteiger partial charge is 0.329 e. The van der Waals surface area contributed by atoms with Gasteiger partial charge < -0.3 is 10.1 Å². The summed E-state index contributed by atoms with van der Waals surface area (Å²) in [6.45, 7) is 3.40. The quantitative estimate of drug-likeness (QED) is 0.326. The number of carbonyl (C=O) groups is 4. The second-order valence-electron chi connectivity index (χ2n) is 11.0. The minimum Gasteiger partial charge on any atom is -0.454 e. The molecule has 3 aliphatic carbocycles. The molecule has 3 aromatic carbocycles. The van der Waals surface area contributed by atoms with Gasteiger partial charge in [-0.05, 0) is 53.3 Å². The minimum atomic E-state index is -1.07. The predicted octanol–water partition coefficient (Wildman–Crippen LogP) is 4.93. The van der Waals surface area contributed by atoms with E-state index in [1.54, 1.807) is 6.07 Å². The maximum atomic E-state index is 14.1. The standard InChI is InChI=1S/C33H32N2O5/c1-3-4-16-25(33(39)40-18-26(36)34-20-11-9-10-19(2)17-20)35-31(37)29-27-21-12-5-6-13-22(21)28(30(29)32(35)38)24-15-8-7-14-23(24)27/h5-15,17,25,27-30H,3-4,16,18H2,1-2H3,(H,34,36)/t25-,27?,28?,29-,30+/m1/s1. The molecule has 2 bridgehead atoms. The summed E-state index contributed by atoms with van der Waals surface area (Å²) in [4.78, 5) is 55.3. The topological polar surface area (TPSA) is 92.8 Å². The number of likely N-dealkylation sites (tertiary alicyclic amines) is 1. The van der Waals surface area contributed by atoms with Crippen LogP contribution in [-0.2, 0) is 23.9 Å². The number of hydrogen-bond donors (Lipinski definition) is 1. The van der Waals surface area contributed by atoms with Crippen molar-refractivity contribution in [2.75, 3.05) is 11.9 Å². The molecule has 7 rings (SSSR count). The van der Waals surface area contributed by atoms with E-state index in [1.807, 2.05) is 56.3 Å². The predicted molar refractivity (Wildman–Crippen MR) is 149 cm³/mol. The Hall–Kier alpha value is -4.26. The number of carbonyl (C=O) groups excluding carboxylic acids is 4. The summed E-state index contributed by atoms with van der Waals surface area (Å²) in [6, 6.07) is 22.3. The minimum absolute atomic E-state index is 0.244. The Balaban J connectivity index is 1.26. The lowest BCUT2D eigenvalue weighted by Crippen LogP contribution is -2.47. The zero-order chi connectivity index (χ0) is 28.0. The van der Waals surface area contributed by atoms with Crippen LogP contribution in [0.25, 0.3) is 0 Å². The van der Waals surface area contributed by atoms with Gasteiger partial charge in [0.25, 0.3) is 5.91 Å². The molecule has 1 fully saturated rings. The Morgan fingerprint density at radius 3 is 1.90 bits per heavy atom. The van der Waals surface area contributed by atoms with Gasteiger partial charge in [-0.1, -0.05) is 80.4 Å². The first-order valence-corrected chi connectivity index (χ1v) is 14.0. The number of imide groups is 1. The number of unbranched alkanes of at least 4 members (excludes halogenated alkanes) is 1. The Kier molecular flexibility index (Phi) is 6.74. The molecule has 0 radical (unpaired) electrons. The number of benzene rings is 3. The Labute approximate surface area is 233 Å². The first-order chi connectivity index (χ1) is 19.4. The highest BCUT2D eigenvalue weighted by Crippen LogP contribution is 2.61. The molecule has 1 saturated heterocycles. The van der Waals surface area contributed by atoms with E-state index in [2.05, 4.69) is 29.6 Å². The summed E-state index contributed by atoms with van der Waals surface area (Å²) >= 11 is 0. The molecule has 7 nitrogen and oxygen atoms in total. The zero-order valence-corrected chi connectivity index (χ0v) is 22.6. The van der Waals surface area contributed by atoms with Gasteiger partial charge in [0.05, 0.1) is 11.8 Å². The summed E-state index contributed by atoms with van der Waals surface area (Å²) in [7, 11) is 0. The van der Waals surface area contributed by atoms with Gasteiger partial charge in [-0.3, -0.25) is 19.3 Å². The Morgan fingerprint density at radius 2 is 1.40 bits per heavy atom. The number of esters is 1. The summed E-state index contributed by atoms with van der Waals surface area (Å²) < 4.78 is 5.42. The molecular formula is C33H32N2O5. The average Bonchev–Trinajstić information content (AvgIpc) is 3.22. The Bertz CT molecular complexity index is 1400. The molecular weight excluding hydrogens is 504 g/mol. The third-order valence-electron chi connectivity index (χ3n) is 8.54. The highest BCUT2D eigenvalue weighted by molar-refractivity contribution is 6.10. The van der Waals surface area contributed by atoms with Crippen LogP contribution in [0.3, 0.4) is 0 Å². The van der Waals surface area contributed by atoms with Gasteiger partial charge in [0, 0.05) is 17.5 Å². The molecule has 0 saturated carbocycles.